The third-order valence-corrected chi connectivity index (χ3v) is 4.15. The number of para-hydroxylation sites is 2. The van der Waals surface area contributed by atoms with Crippen molar-refractivity contribution in [2.75, 3.05) is 14.2 Å². The first kappa shape index (κ1) is 18.9. The van der Waals surface area contributed by atoms with Gasteiger partial charge in [0.25, 0.3) is 0 Å². The lowest BCUT2D eigenvalue weighted by atomic mass is 10.2. The Morgan fingerprint density at radius 3 is 2.63 bits per heavy atom. The van der Waals surface area contributed by atoms with Crippen LogP contribution >= 0.6 is 11.6 Å². The SMILES string of the molecule is COc1cc(C(=O)OCc2nc3ccccc3n2C(F)F)cc(Cl)c1OC. The topological polar surface area (TPSA) is 62.6 Å². The highest BCUT2D eigenvalue weighted by molar-refractivity contribution is 6.32. The smallest absolute Gasteiger partial charge is 0.338 e. The van der Waals surface area contributed by atoms with E-state index in [4.69, 9.17) is 25.8 Å². The molecule has 0 atom stereocenters. The van der Waals surface area contributed by atoms with Gasteiger partial charge in [-0.2, -0.15) is 8.78 Å². The molecule has 0 aliphatic heterocycles. The molecule has 0 spiro atoms. The lowest BCUT2D eigenvalue weighted by Crippen LogP contribution is -2.11. The molecule has 0 saturated carbocycles. The molecule has 6 nitrogen and oxygen atoms in total. The number of halogens is 3. The van der Waals surface area contributed by atoms with Gasteiger partial charge in [-0.1, -0.05) is 23.7 Å². The number of hydrogen-bond donors (Lipinski definition) is 0. The van der Waals surface area contributed by atoms with Gasteiger partial charge in [0.1, 0.15) is 6.61 Å². The Kier molecular flexibility index (Phi) is 5.46. The maximum atomic E-state index is 13.4. The van der Waals surface area contributed by atoms with Crippen LogP contribution in [0.1, 0.15) is 22.7 Å². The molecule has 3 aromatic rings. The van der Waals surface area contributed by atoms with Crippen LogP contribution in [-0.4, -0.2) is 29.7 Å². The summed E-state index contributed by atoms with van der Waals surface area (Å²) < 4.78 is 42.9. The number of nitrogens with zero attached hydrogens (tertiary/aromatic N) is 2. The van der Waals surface area contributed by atoms with Crippen molar-refractivity contribution in [2.24, 2.45) is 0 Å². The average molecular weight is 397 g/mol. The van der Waals surface area contributed by atoms with Gasteiger partial charge in [-0.05, 0) is 24.3 Å². The molecule has 0 N–H and O–H groups in total. The maximum absolute atomic E-state index is 13.4. The van der Waals surface area contributed by atoms with E-state index in [1.807, 2.05) is 0 Å². The van der Waals surface area contributed by atoms with Gasteiger partial charge in [0, 0.05) is 0 Å². The highest BCUT2D eigenvalue weighted by Crippen LogP contribution is 2.36. The van der Waals surface area contributed by atoms with Crippen molar-refractivity contribution in [3.63, 3.8) is 0 Å². The van der Waals surface area contributed by atoms with Crippen LogP contribution in [0.4, 0.5) is 8.78 Å². The normalized spacial score (nSPS) is 11.0. The van der Waals surface area contributed by atoms with Gasteiger partial charge in [-0.15, -0.1) is 0 Å². The highest BCUT2D eigenvalue weighted by Gasteiger charge is 2.20. The molecule has 0 saturated heterocycles. The molecule has 0 unspecified atom stereocenters. The summed E-state index contributed by atoms with van der Waals surface area (Å²) >= 11 is 6.07. The van der Waals surface area contributed by atoms with E-state index < -0.39 is 19.1 Å². The average Bonchev–Trinajstić information content (AvgIpc) is 3.03. The Morgan fingerprint density at radius 1 is 1.22 bits per heavy atom. The molecule has 0 aliphatic carbocycles. The Labute approximate surface area is 158 Å². The minimum absolute atomic E-state index is 0.0638. The quantitative estimate of drug-likeness (QED) is 0.576. The van der Waals surface area contributed by atoms with Crippen LogP contribution in [0, 0.1) is 0 Å². The Hall–Kier alpha value is -2.87. The number of ether oxygens (including phenoxy) is 3. The van der Waals surface area contributed by atoms with Gasteiger partial charge < -0.3 is 14.2 Å². The van der Waals surface area contributed by atoms with Gasteiger partial charge >= 0.3 is 12.5 Å². The molecule has 1 aromatic heterocycles. The van der Waals surface area contributed by atoms with Crippen molar-refractivity contribution < 1.29 is 27.8 Å². The first-order valence-corrected chi connectivity index (χ1v) is 8.16. The predicted octanol–water partition coefficient (Wildman–Crippen LogP) is 4.46. The minimum atomic E-state index is -2.82. The van der Waals surface area contributed by atoms with Crippen molar-refractivity contribution >= 4 is 28.6 Å². The fourth-order valence-corrected chi connectivity index (χ4v) is 2.95. The van der Waals surface area contributed by atoms with Crippen LogP contribution in [0.2, 0.25) is 5.02 Å². The van der Waals surface area contributed by atoms with E-state index in [0.29, 0.717) is 5.52 Å². The number of rotatable bonds is 6. The monoisotopic (exact) mass is 396 g/mol. The van der Waals surface area contributed by atoms with E-state index in [1.54, 1.807) is 18.2 Å². The van der Waals surface area contributed by atoms with Gasteiger partial charge in [-0.3, -0.25) is 4.57 Å². The standard InChI is InChI=1S/C18H15ClF2N2O4/c1-25-14-8-10(7-11(19)16(14)26-2)17(24)27-9-15-22-12-5-3-4-6-13(12)23(15)18(20)21/h3-8,18H,9H2,1-2H3. The minimum Gasteiger partial charge on any atom is -0.493 e. The highest BCUT2D eigenvalue weighted by atomic mass is 35.5. The second-order valence-corrected chi connectivity index (χ2v) is 5.84. The number of alkyl halides is 2. The Balaban J connectivity index is 1.85. The molecule has 0 amide bonds. The number of carbonyl (C=O) groups excluding carboxylic acids is 1. The number of aromatic nitrogens is 2. The third-order valence-electron chi connectivity index (χ3n) is 3.87. The largest absolute Gasteiger partial charge is 0.493 e. The molecule has 2 aromatic carbocycles. The fraction of sp³-hybridized carbons (Fsp3) is 0.222. The first-order valence-electron chi connectivity index (χ1n) is 7.79. The van der Waals surface area contributed by atoms with E-state index in [0.717, 1.165) is 4.57 Å². The van der Waals surface area contributed by atoms with Crippen LogP contribution < -0.4 is 9.47 Å². The number of fused-ring (bicyclic) bond motifs is 1. The lowest BCUT2D eigenvalue weighted by Gasteiger charge is -2.12. The van der Waals surface area contributed by atoms with Crippen molar-refractivity contribution in [3.8, 4) is 11.5 Å². The van der Waals surface area contributed by atoms with E-state index in [-0.39, 0.29) is 33.4 Å². The van der Waals surface area contributed by atoms with Crippen LogP contribution in [0.25, 0.3) is 11.0 Å². The number of imidazole rings is 1. The number of benzene rings is 2. The van der Waals surface area contributed by atoms with Crippen LogP contribution in [0.3, 0.4) is 0 Å². The lowest BCUT2D eigenvalue weighted by molar-refractivity contribution is 0.0387. The Morgan fingerprint density at radius 2 is 1.96 bits per heavy atom. The molecular formula is C18H15ClF2N2O4. The van der Waals surface area contributed by atoms with Gasteiger partial charge in [0.15, 0.2) is 17.3 Å². The van der Waals surface area contributed by atoms with Crippen LogP contribution in [0.5, 0.6) is 11.5 Å². The predicted molar refractivity (Wildman–Crippen MR) is 94.7 cm³/mol. The summed E-state index contributed by atoms with van der Waals surface area (Å²) in [5, 5.41) is 0.156. The van der Waals surface area contributed by atoms with Crippen LogP contribution in [0.15, 0.2) is 36.4 Å². The number of hydrogen-bond acceptors (Lipinski definition) is 5. The van der Waals surface area contributed by atoms with Gasteiger partial charge in [0.05, 0.1) is 35.8 Å². The molecule has 27 heavy (non-hydrogen) atoms. The summed E-state index contributed by atoms with van der Waals surface area (Å²) in [4.78, 5) is 16.4. The zero-order valence-corrected chi connectivity index (χ0v) is 15.2. The second kappa shape index (κ2) is 7.79. The summed E-state index contributed by atoms with van der Waals surface area (Å²) in [6, 6.07) is 9.18. The van der Waals surface area contributed by atoms with Crippen molar-refractivity contribution in [1.29, 1.82) is 0 Å². The summed E-state index contributed by atoms with van der Waals surface area (Å²) in [7, 11) is 2.81. The van der Waals surface area contributed by atoms with Crippen molar-refractivity contribution in [1.82, 2.24) is 9.55 Å². The zero-order valence-electron chi connectivity index (χ0n) is 14.4. The summed E-state index contributed by atoms with van der Waals surface area (Å²) in [5.74, 6) is -0.302. The number of esters is 1. The molecule has 9 heteroatoms. The van der Waals surface area contributed by atoms with Gasteiger partial charge in [-0.25, -0.2) is 9.78 Å². The van der Waals surface area contributed by atoms with E-state index in [9.17, 15) is 13.6 Å². The summed E-state index contributed by atoms with van der Waals surface area (Å²) in [6.45, 7) is -3.24. The molecule has 3 rings (SSSR count). The Bertz CT molecular complexity index is 991. The molecule has 1 heterocycles. The van der Waals surface area contributed by atoms with Crippen molar-refractivity contribution in [2.45, 2.75) is 13.2 Å². The first-order chi connectivity index (χ1) is 13.0. The zero-order chi connectivity index (χ0) is 19.6. The van der Waals surface area contributed by atoms with E-state index in [1.165, 1.54) is 32.4 Å². The number of methoxy groups -OCH3 is 2. The fourth-order valence-electron chi connectivity index (χ4n) is 2.66. The van der Waals surface area contributed by atoms with Crippen LogP contribution in [-0.2, 0) is 11.3 Å². The molecular weight excluding hydrogens is 382 g/mol. The third kappa shape index (κ3) is 3.66. The molecule has 0 aliphatic rings. The molecule has 142 valence electrons. The summed E-state index contributed by atoms with van der Waals surface area (Å²) in [5.41, 5.74) is 0.739. The molecule has 0 bridgehead atoms. The van der Waals surface area contributed by atoms with E-state index in [2.05, 4.69) is 4.98 Å². The molecule has 0 fully saturated rings. The maximum Gasteiger partial charge on any atom is 0.338 e. The van der Waals surface area contributed by atoms with E-state index >= 15 is 0 Å². The number of carbonyl (C=O) groups is 1. The second-order valence-electron chi connectivity index (χ2n) is 5.43. The van der Waals surface area contributed by atoms with Crippen molar-refractivity contribution in [3.05, 3.63) is 52.8 Å². The molecule has 0 radical (unpaired) electrons. The summed E-state index contributed by atoms with van der Waals surface area (Å²) in [6.07, 6.45) is 0. The van der Waals surface area contributed by atoms with Gasteiger partial charge in [0.2, 0.25) is 0 Å².